The van der Waals surface area contributed by atoms with Crippen LogP contribution in [0.2, 0.25) is 0 Å². The van der Waals surface area contributed by atoms with Crippen LogP contribution in [0.1, 0.15) is 13.8 Å². The highest BCUT2D eigenvalue weighted by Gasteiger charge is 2.24. The molecule has 0 aliphatic heterocycles. The van der Waals surface area contributed by atoms with Crippen molar-refractivity contribution in [1.29, 1.82) is 0 Å². The Bertz CT molecular complexity index is 647. The van der Waals surface area contributed by atoms with E-state index in [0.717, 1.165) is 0 Å². The van der Waals surface area contributed by atoms with Crippen molar-refractivity contribution < 1.29 is 19.1 Å². The number of hydrogen-bond acceptors (Lipinski definition) is 4. The number of anilines is 2. The summed E-state index contributed by atoms with van der Waals surface area (Å²) in [5.41, 5.74) is 1.13. The van der Waals surface area contributed by atoms with Crippen LogP contribution in [-0.2, 0) is 9.59 Å². The van der Waals surface area contributed by atoms with E-state index in [-0.39, 0.29) is 11.8 Å². The number of carbonyl (C=O) groups is 2. The maximum absolute atomic E-state index is 12.2. The first kappa shape index (κ1) is 17.3. The Morgan fingerprint density at radius 2 is 0.958 bits per heavy atom. The third-order valence-corrected chi connectivity index (χ3v) is 3.43. The minimum absolute atomic E-state index is 0.286. The number of carbonyl (C=O) groups excluding carboxylic acids is 2. The molecule has 6 nitrogen and oxygen atoms in total. The Morgan fingerprint density at radius 3 is 1.17 bits per heavy atom. The second kappa shape index (κ2) is 7.50. The zero-order chi connectivity index (χ0) is 17.7. The molecular weight excluding hydrogens is 308 g/mol. The molecule has 6 heteroatoms. The molecule has 0 saturated carbocycles. The predicted molar refractivity (Wildman–Crippen MR) is 92.3 cm³/mol. The Balaban J connectivity index is 2.46. The predicted octanol–water partition coefficient (Wildman–Crippen LogP) is 3.02. The number of ether oxygens (including phenoxy) is 2. The first-order valence-corrected chi connectivity index (χ1v) is 7.37. The van der Waals surface area contributed by atoms with Gasteiger partial charge in [-0.1, -0.05) is 0 Å². The number of amides is 2. The van der Waals surface area contributed by atoms with Crippen LogP contribution >= 0.6 is 0 Å². The van der Waals surface area contributed by atoms with Crippen molar-refractivity contribution in [1.82, 2.24) is 0 Å². The van der Waals surface area contributed by atoms with E-state index in [1.807, 2.05) is 0 Å². The molecule has 0 atom stereocenters. The molecule has 2 amide bonds. The summed E-state index contributed by atoms with van der Waals surface area (Å²) in [7, 11) is 3.13. The Hall–Kier alpha value is -3.02. The van der Waals surface area contributed by atoms with Crippen LogP contribution in [0.25, 0.3) is 0 Å². The topological polar surface area (TPSA) is 59.1 Å². The molecule has 126 valence electrons. The van der Waals surface area contributed by atoms with E-state index in [0.29, 0.717) is 22.9 Å². The summed E-state index contributed by atoms with van der Waals surface area (Å²) in [4.78, 5) is 24.4. The second-order valence-corrected chi connectivity index (χ2v) is 5.06. The molecule has 0 heterocycles. The van der Waals surface area contributed by atoms with Gasteiger partial charge in [-0.2, -0.15) is 0 Å². The molecule has 0 spiro atoms. The summed E-state index contributed by atoms with van der Waals surface area (Å²) >= 11 is 0. The smallest absolute Gasteiger partial charge is 0.243 e. The highest BCUT2D eigenvalue weighted by atomic mass is 16.5. The molecule has 2 rings (SSSR count). The van der Waals surface area contributed by atoms with Gasteiger partial charge >= 0.3 is 0 Å². The van der Waals surface area contributed by atoms with Crippen LogP contribution in [0.3, 0.4) is 0 Å². The largest absolute Gasteiger partial charge is 0.497 e. The Kier molecular flexibility index (Phi) is 5.42. The molecule has 0 aromatic heterocycles. The van der Waals surface area contributed by atoms with Gasteiger partial charge in [0.1, 0.15) is 11.5 Å². The van der Waals surface area contributed by atoms with Gasteiger partial charge in [-0.15, -0.1) is 0 Å². The lowest BCUT2D eigenvalue weighted by Crippen LogP contribution is -2.49. The van der Waals surface area contributed by atoms with Crippen LogP contribution in [0.5, 0.6) is 11.5 Å². The maximum atomic E-state index is 12.2. The van der Waals surface area contributed by atoms with Crippen molar-refractivity contribution >= 4 is 23.2 Å². The van der Waals surface area contributed by atoms with E-state index < -0.39 is 0 Å². The fourth-order valence-electron chi connectivity index (χ4n) is 2.32. The van der Waals surface area contributed by atoms with Crippen molar-refractivity contribution in [2.45, 2.75) is 13.8 Å². The van der Waals surface area contributed by atoms with E-state index >= 15 is 0 Å². The summed E-state index contributed by atoms with van der Waals surface area (Å²) in [6.07, 6.45) is 0. The molecule has 2 aromatic carbocycles. The van der Waals surface area contributed by atoms with Crippen molar-refractivity contribution in [3.8, 4) is 11.5 Å². The van der Waals surface area contributed by atoms with Gasteiger partial charge in [0.15, 0.2) is 0 Å². The molecule has 0 saturated heterocycles. The average molecular weight is 328 g/mol. The van der Waals surface area contributed by atoms with E-state index in [2.05, 4.69) is 0 Å². The van der Waals surface area contributed by atoms with Crippen LogP contribution in [0.4, 0.5) is 11.4 Å². The van der Waals surface area contributed by atoms with Crippen LogP contribution in [0, 0.1) is 0 Å². The van der Waals surface area contributed by atoms with Gasteiger partial charge in [-0.25, -0.2) is 10.0 Å². The molecule has 0 N–H and O–H groups in total. The van der Waals surface area contributed by atoms with Crippen molar-refractivity contribution in [2.75, 3.05) is 24.2 Å². The normalized spacial score (nSPS) is 10.0. The lowest BCUT2D eigenvalue weighted by molar-refractivity contribution is -0.121. The van der Waals surface area contributed by atoms with E-state index in [9.17, 15) is 9.59 Å². The minimum Gasteiger partial charge on any atom is -0.497 e. The van der Waals surface area contributed by atoms with Crippen molar-refractivity contribution in [2.24, 2.45) is 0 Å². The van der Waals surface area contributed by atoms with Crippen LogP contribution in [-0.4, -0.2) is 26.0 Å². The summed E-state index contributed by atoms with van der Waals surface area (Å²) in [6, 6.07) is 13.8. The second-order valence-electron chi connectivity index (χ2n) is 5.06. The standard InChI is InChI=1S/C18H20N2O4/c1-13(21)19(15-5-9-17(23-3)10-6-15)20(14(2)22)16-7-11-18(24-4)12-8-16/h5-12H,1-4H3. The molecule has 2 aromatic rings. The van der Waals surface area contributed by atoms with E-state index in [4.69, 9.17) is 9.47 Å². The van der Waals surface area contributed by atoms with E-state index in [1.165, 1.54) is 23.9 Å². The Labute approximate surface area is 141 Å². The van der Waals surface area contributed by atoms with Gasteiger partial charge in [-0.3, -0.25) is 9.59 Å². The first-order valence-electron chi connectivity index (χ1n) is 7.37. The third-order valence-electron chi connectivity index (χ3n) is 3.43. The van der Waals surface area contributed by atoms with Gasteiger partial charge in [0.2, 0.25) is 11.8 Å². The lowest BCUT2D eigenvalue weighted by atomic mass is 10.2. The highest BCUT2D eigenvalue weighted by Crippen LogP contribution is 2.26. The highest BCUT2D eigenvalue weighted by molar-refractivity contribution is 6.04. The number of benzene rings is 2. The number of methoxy groups -OCH3 is 2. The van der Waals surface area contributed by atoms with Crippen molar-refractivity contribution in [3.05, 3.63) is 48.5 Å². The lowest BCUT2D eigenvalue weighted by Gasteiger charge is -2.33. The van der Waals surface area contributed by atoms with Crippen LogP contribution < -0.4 is 19.5 Å². The molecule has 24 heavy (non-hydrogen) atoms. The summed E-state index contributed by atoms with van der Waals surface area (Å²) in [6.45, 7) is 2.81. The molecule has 0 fully saturated rings. The average Bonchev–Trinajstić information content (AvgIpc) is 2.59. The van der Waals surface area contributed by atoms with Gasteiger partial charge in [-0.05, 0) is 48.5 Å². The molecule has 0 aliphatic carbocycles. The van der Waals surface area contributed by atoms with Gasteiger partial charge in [0.25, 0.3) is 0 Å². The molecule has 0 aliphatic rings. The Morgan fingerprint density at radius 1 is 0.667 bits per heavy atom. The minimum atomic E-state index is -0.286. The summed E-state index contributed by atoms with van der Waals surface area (Å²) in [5.74, 6) is 0.763. The number of hydrogen-bond donors (Lipinski definition) is 0. The number of nitrogens with zero attached hydrogens (tertiary/aromatic N) is 2. The van der Waals surface area contributed by atoms with Gasteiger partial charge < -0.3 is 9.47 Å². The molecular formula is C18H20N2O4. The fraction of sp³-hybridized carbons (Fsp3) is 0.222. The number of rotatable bonds is 4. The quantitative estimate of drug-likeness (QED) is 0.810. The van der Waals surface area contributed by atoms with E-state index in [1.54, 1.807) is 62.8 Å². The number of hydrazine groups is 1. The zero-order valence-corrected chi connectivity index (χ0v) is 14.1. The maximum Gasteiger partial charge on any atom is 0.243 e. The SMILES string of the molecule is COc1ccc(N(C(C)=O)N(C(C)=O)c2ccc(OC)cc2)cc1. The molecule has 0 bridgehead atoms. The molecule has 0 radical (unpaired) electrons. The van der Waals surface area contributed by atoms with Crippen molar-refractivity contribution in [3.63, 3.8) is 0 Å². The van der Waals surface area contributed by atoms with Crippen LogP contribution in [0.15, 0.2) is 48.5 Å². The van der Waals surface area contributed by atoms with Gasteiger partial charge in [0, 0.05) is 13.8 Å². The van der Waals surface area contributed by atoms with Gasteiger partial charge in [0.05, 0.1) is 25.6 Å². The fourth-order valence-corrected chi connectivity index (χ4v) is 2.32. The summed E-state index contributed by atoms with van der Waals surface area (Å²) < 4.78 is 10.3. The monoisotopic (exact) mass is 328 g/mol. The molecule has 0 unspecified atom stereocenters. The zero-order valence-electron chi connectivity index (χ0n) is 14.1. The third kappa shape index (κ3) is 3.65. The summed E-state index contributed by atoms with van der Waals surface area (Å²) in [5, 5.41) is 2.65. The first-order chi connectivity index (χ1) is 11.5.